The van der Waals surface area contributed by atoms with E-state index < -0.39 is 0 Å². The number of para-hydroxylation sites is 2. The molecule has 3 unspecified atom stereocenters. The molecule has 10 aromatic carbocycles. The van der Waals surface area contributed by atoms with Crippen LogP contribution >= 0.6 is 11.3 Å². The zero-order valence-corrected chi connectivity index (χ0v) is 40.0. The largest absolute Gasteiger partial charge is 0.317 e. The molecule has 334 valence electrons. The number of hydrogen-bond acceptors (Lipinski definition) is 2. The fourth-order valence-corrected chi connectivity index (χ4v) is 13.1. The second-order valence-electron chi connectivity index (χ2n) is 19.3. The third kappa shape index (κ3) is 6.43. The average molecular weight is 916 g/mol. The molecule has 14 rings (SSSR count). The zero-order chi connectivity index (χ0) is 46.5. The van der Waals surface area contributed by atoms with Crippen LogP contribution in [-0.2, 0) is 0 Å². The monoisotopic (exact) mass is 915 g/mol. The van der Waals surface area contributed by atoms with E-state index >= 15 is 0 Å². The number of thiophene rings is 1. The molecule has 0 radical (unpaired) electrons. The van der Waals surface area contributed by atoms with Crippen LogP contribution in [0.5, 0.6) is 0 Å². The van der Waals surface area contributed by atoms with E-state index in [1.165, 1.54) is 113 Å². The summed E-state index contributed by atoms with van der Waals surface area (Å²) in [4.78, 5) is 6.32. The van der Waals surface area contributed by atoms with Gasteiger partial charge in [0.15, 0.2) is 0 Å². The molecule has 0 N–H and O–H groups in total. The van der Waals surface area contributed by atoms with Crippen LogP contribution in [0, 0.1) is 11.8 Å². The predicted molar refractivity (Wildman–Crippen MR) is 301 cm³/mol. The molecule has 13 aromatic rings. The molecule has 70 heavy (non-hydrogen) atoms. The predicted octanol–water partition coefficient (Wildman–Crippen LogP) is 18.4. The van der Waals surface area contributed by atoms with Crippen molar-refractivity contribution in [3.63, 3.8) is 0 Å². The number of allylic oxidation sites excluding steroid dienone is 1. The van der Waals surface area contributed by atoms with Crippen molar-refractivity contribution in [1.82, 2.24) is 9.13 Å². The molecular formula is C66H49N3S. The Hall–Kier alpha value is -8.05. The SMILES string of the molecule is CCC1/C(c2ccc(-c3ccccc3)cc2)=C/CC(C)/C(c2cc(-n3c4cc5ccccc5cc4c4cc5ccccc5cc43)cc3sc4ccccc4c23)=N\C1n1c2ccccc2c2ccccc21. The Labute approximate surface area is 410 Å². The highest BCUT2D eigenvalue weighted by atomic mass is 32.1. The molecular weight excluding hydrogens is 867 g/mol. The molecule has 4 heterocycles. The van der Waals surface area contributed by atoms with Crippen LogP contribution in [0.15, 0.2) is 223 Å². The Morgan fingerprint density at radius 3 is 1.64 bits per heavy atom. The van der Waals surface area contributed by atoms with Crippen LogP contribution in [-0.4, -0.2) is 14.8 Å². The molecule has 0 saturated carbocycles. The van der Waals surface area contributed by atoms with Gasteiger partial charge in [-0.3, -0.25) is 4.99 Å². The summed E-state index contributed by atoms with van der Waals surface area (Å²) in [5.74, 6) is 0.191. The molecule has 0 amide bonds. The highest BCUT2D eigenvalue weighted by Gasteiger charge is 2.33. The molecule has 0 bridgehead atoms. The third-order valence-corrected chi connectivity index (χ3v) is 16.5. The van der Waals surface area contributed by atoms with Crippen molar-refractivity contribution in [2.75, 3.05) is 0 Å². The molecule has 0 saturated heterocycles. The lowest BCUT2D eigenvalue weighted by atomic mass is 9.82. The van der Waals surface area contributed by atoms with Crippen molar-refractivity contribution in [3.8, 4) is 16.8 Å². The summed E-state index contributed by atoms with van der Waals surface area (Å²) in [5, 5.41) is 12.6. The first-order valence-corrected chi connectivity index (χ1v) is 25.6. The molecule has 1 aliphatic rings. The van der Waals surface area contributed by atoms with E-state index in [9.17, 15) is 0 Å². The molecule has 3 nitrogen and oxygen atoms in total. The number of aliphatic imine (C=N–C) groups is 1. The van der Waals surface area contributed by atoms with Crippen molar-refractivity contribution in [1.29, 1.82) is 0 Å². The van der Waals surface area contributed by atoms with E-state index in [1.54, 1.807) is 0 Å². The van der Waals surface area contributed by atoms with Gasteiger partial charge in [-0.25, -0.2) is 0 Å². The number of rotatable bonds is 6. The first-order valence-electron chi connectivity index (χ1n) is 24.8. The van der Waals surface area contributed by atoms with Gasteiger partial charge in [0.25, 0.3) is 0 Å². The topological polar surface area (TPSA) is 22.2 Å². The van der Waals surface area contributed by atoms with Gasteiger partial charge in [0.05, 0.1) is 22.1 Å². The van der Waals surface area contributed by atoms with Crippen LogP contribution < -0.4 is 0 Å². The Balaban J connectivity index is 1.05. The van der Waals surface area contributed by atoms with Crippen LogP contribution in [0.2, 0.25) is 0 Å². The van der Waals surface area contributed by atoms with Gasteiger partial charge < -0.3 is 9.13 Å². The van der Waals surface area contributed by atoms with Crippen molar-refractivity contribution in [2.45, 2.75) is 32.9 Å². The third-order valence-electron chi connectivity index (χ3n) is 15.3. The number of nitrogens with zero attached hydrogens (tertiary/aromatic N) is 3. The smallest absolute Gasteiger partial charge is 0.132 e. The van der Waals surface area contributed by atoms with Gasteiger partial charge in [0.1, 0.15) is 6.17 Å². The summed E-state index contributed by atoms with van der Waals surface area (Å²) in [6, 6.07) is 79.1. The van der Waals surface area contributed by atoms with Crippen molar-refractivity contribution in [2.24, 2.45) is 16.8 Å². The van der Waals surface area contributed by atoms with Gasteiger partial charge >= 0.3 is 0 Å². The lowest BCUT2D eigenvalue weighted by Crippen LogP contribution is -2.25. The zero-order valence-electron chi connectivity index (χ0n) is 39.2. The summed E-state index contributed by atoms with van der Waals surface area (Å²) in [6.07, 6.45) is 4.12. The lowest BCUT2D eigenvalue weighted by molar-refractivity contribution is 0.415. The van der Waals surface area contributed by atoms with E-state index in [0.717, 1.165) is 24.2 Å². The van der Waals surface area contributed by atoms with E-state index in [4.69, 9.17) is 4.99 Å². The van der Waals surface area contributed by atoms with Gasteiger partial charge in [-0.2, -0.15) is 0 Å². The van der Waals surface area contributed by atoms with Crippen LogP contribution in [0.25, 0.3) is 108 Å². The number of fused-ring (bicyclic) bond motifs is 11. The standard InChI is InChI=1S/C66H49N3S/c1-3-50-51(44-32-30-43(31-33-44)42-17-5-4-6-18-42)34-29-41(2)65(67-66(50)69-58-26-14-11-23-52(58)53-24-12-15-27-59(53)69)57-39-49(40-63-64(57)54-25-13-16-28-62(54)70-63)68-60-37-47-21-9-7-19-45(47)35-55(60)56-36-46-20-8-10-22-48(46)38-61(56)68/h4-28,30-41,50,66H,3,29H2,1-2H3/b51-34+,67-65+. The summed E-state index contributed by atoms with van der Waals surface area (Å²) < 4.78 is 7.69. The maximum Gasteiger partial charge on any atom is 0.132 e. The quantitative estimate of drug-likeness (QED) is 0.159. The second kappa shape index (κ2) is 16.3. The minimum absolute atomic E-state index is 0.0843. The minimum atomic E-state index is -0.234. The van der Waals surface area contributed by atoms with E-state index in [-0.39, 0.29) is 18.0 Å². The molecule has 1 aliphatic heterocycles. The van der Waals surface area contributed by atoms with Crippen LogP contribution in [0.4, 0.5) is 0 Å². The summed E-state index contributed by atoms with van der Waals surface area (Å²) >= 11 is 1.90. The van der Waals surface area contributed by atoms with E-state index in [0.29, 0.717) is 0 Å². The lowest BCUT2D eigenvalue weighted by Gasteiger charge is -2.33. The molecule has 3 atom stereocenters. The van der Waals surface area contributed by atoms with Crippen LogP contribution in [0.1, 0.15) is 44.0 Å². The van der Waals surface area contributed by atoms with Crippen molar-refractivity contribution < 1.29 is 0 Å². The number of benzene rings is 10. The first-order chi connectivity index (χ1) is 34.6. The molecule has 0 fully saturated rings. The fraction of sp³-hybridized carbons (Fsp3) is 0.106. The van der Waals surface area contributed by atoms with Gasteiger partial charge in [-0.1, -0.05) is 178 Å². The Morgan fingerprint density at radius 1 is 0.486 bits per heavy atom. The summed E-state index contributed by atoms with van der Waals surface area (Å²) in [5.41, 5.74) is 13.5. The minimum Gasteiger partial charge on any atom is -0.317 e. The van der Waals surface area contributed by atoms with Crippen LogP contribution in [0.3, 0.4) is 0 Å². The van der Waals surface area contributed by atoms with Gasteiger partial charge in [-0.05, 0) is 111 Å². The number of hydrogen-bond donors (Lipinski definition) is 0. The molecule has 3 aromatic heterocycles. The maximum atomic E-state index is 6.32. The van der Waals surface area contributed by atoms with E-state index in [2.05, 4.69) is 241 Å². The highest BCUT2D eigenvalue weighted by molar-refractivity contribution is 7.26. The normalized spacial score (nSPS) is 18.2. The Morgan fingerprint density at radius 2 is 1.01 bits per heavy atom. The number of aromatic nitrogens is 2. The maximum absolute atomic E-state index is 6.32. The highest BCUT2D eigenvalue weighted by Crippen LogP contribution is 2.47. The van der Waals surface area contributed by atoms with Crippen molar-refractivity contribution in [3.05, 3.63) is 230 Å². The molecule has 4 heteroatoms. The van der Waals surface area contributed by atoms with Gasteiger partial charge in [0, 0.05) is 70.5 Å². The second-order valence-corrected chi connectivity index (χ2v) is 20.4. The average Bonchev–Trinajstić information content (AvgIpc) is 4.06. The summed E-state index contributed by atoms with van der Waals surface area (Å²) in [6.45, 7) is 4.77. The first kappa shape index (κ1) is 41.0. The Kier molecular flexibility index (Phi) is 9.54. The van der Waals surface area contributed by atoms with E-state index in [1.807, 2.05) is 11.3 Å². The van der Waals surface area contributed by atoms with Gasteiger partial charge in [-0.15, -0.1) is 11.3 Å². The molecule has 0 aliphatic carbocycles. The Bertz CT molecular complexity index is 4130. The van der Waals surface area contributed by atoms with Crippen molar-refractivity contribution >= 4 is 108 Å². The fourth-order valence-electron chi connectivity index (χ4n) is 12.0. The molecule has 0 spiro atoms. The van der Waals surface area contributed by atoms with Gasteiger partial charge in [0.2, 0.25) is 0 Å². The summed E-state index contributed by atoms with van der Waals surface area (Å²) in [7, 11) is 0.